The normalized spacial score (nSPS) is 16.7. The summed E-state index contributed by atoms with van der Waals surface area (Å²) in [5.74, 6) is 0.385. The number of carbonyl (C=O) groups is 2. The van der Waals surface area contributed by atoms with Crippen LogP contribution in [0.15, 0.2) is 54.6 Å². The van der Waals surface area contributed by atoms with Crippen LogP contribution < -0.4 is 9.64 Å². The summed E-state index contributed by atoms with van der Waals surface area (Å²) in [6.45, 7) is 4.99. The first-order valence-corrected chi connectivity index (χ1v) is 9.28. The van der Waals surface area contributed by atoms with Gasteiger partial charge in [0.1, 0.15) is 5.75 Å². The minimum absolute atomic E-state index is 0.0231. The second kappa shape index (κ2) is 8.25. The van der Waals surface area contributed by atoms with Crippen molar-refractivity contribution >= 4 is 17.5 Å². The maximum Gasteiger partial charge on any atom is 0.228 e. The van der Waals surface area contributed by atoms with Crippen molar-refractivity contribution in [3.8, 4) is 5.75 Å². The standard InChI is InChI=1S/C22H26N2O3/c1-16(2)23(14-17-8-5-4-6-9-17)22(26)18-12-21(25)24(15-18)19-10-7-11-20(13-19)27-3/h4-11,13,16,18H,12,14-15H2,1-3H3/t18-/m1/s1. The van der Waals surface area contributed by atoms with Gasteiger partial charge in [-0.25, -0.2) is 0 Å². The van der Waals surface area contributed by atoms with Crippen molar-refractivity contribution in [2.45, 2.75) is 32.9 Å². The molecule has 0 aromatic heterocycles. The Hall–Kier alpha value is -2.82. The van der Waals surface area contributed by atoms with Crippen molar-refractivity contribution in [1.82, 2.24) is 4.90 Å². The third kappa shape index (κ3) is 4.30. The van der Waals surface area contributed by atoms with Gasteiger partial charge in [-0.05, 0) is 31.5 Å². The van der Waals surface area contributed by atoms with E-state index in [2.05, 4.69) is 0 Å². The van der Waals surface area contributed by atoms with Gasteiger partial charge in [-0.15, -0.1) is 0 Å². The molecule has 1 fully saturated rings. The molecule has 1 atom stereocenters. The zero-order valence-corrected chi connectivity index (χ0v) is 16.1. The first-order valence-electron chi connectivity index (χ1n) is 9.28. The Balaban J connectivity index is 1.75. The zero-order chi connectivity index (χ0) is 19.4. The van der Waals surface area contributed by atoms with Crippen LogP contribution in [0.1, 0.15) is 25.8 Å². The minimum Gasteiger partial charge on any atom is -0.497 e. The monoisotopic (exact) mass is 366 g/mol. The molecular weight excluding hydrogens is 340 g/mol. The number of amides is 2. The molecule has 0 unspecified atom stereocenters. The number of benzene rings is 2. The highest BCUT2D eigenvalue weighted by Crippen LogP contribution is 2.29. The first-order chi connectivity index (χ1) is 13.0. The van der Waals surface area contributed by atoms with Crippen LogP contribution >= 0.6 is 0 Å². The number of methoxy groups -OCH3 is 1. The van der Waals surface area contributed by atoms with Crippen molar-refractivity contribution < 1.29 is 14.3 Å². The summed E-state index contributed by atoms with van der Waals surface area (Å²) in [6, 6.07) is 17.4. The molecule has 2 aromatic carbocycles. The molecule has 0 radical (unpaired) electrons. The van der Waals surface area contributed by atoms with E-state index in [1.165, 1.54) is 0 Å². The van der Waals surface area contributed by atoms with Crippen LogP contribution in [0.4, 0.5) is 5.69 Å². The lowest BCUT2D eigenvalue weighted by Crippen LogP contribution is -2.41. The predicted octanol–water partition coefficient (Wildman–Crippen LogP) is 3.49. The van der Waals surface area contributed by atoms with E-state index in [0.29, 0.717) is 18.8 Å². The molecule has 1 saturated heterocycles. The fourth-order valence-corrected chi connectivity index (χ4v) is 3.43. The number of ether oxygens (including phenoxy) is 1. The van der Waals surface area contributed by atoms with E-state index >= 15 is 0 Å². The molecule has 2 aromatic rings. The average Bonchev–Trinajstić information content (AvgIpc) is 3.08. The Labute approximate surface area is 160 Å². The molecule has 2 amide bonds. The Kier molecular flexibility index (Phi) is 5.79. The molecule has 5 heteroatoms. The topological polar surface area (TPSA) is 49.9 Å². The highest BCUT2D eigenvalue weighted by molar-refractivity contribution is 6.00. The minimum atomic E-state index is -0.324. The van der Waals surface area contributed by atoms with E-state index in [1.54, 1.807) is 12.0 Å². The number of hydrogen-bond acceptors (Lipinski definition) is 3. The Morgan fingerprint density at radius 3 is 2.59 bits per heavy atom. The van der Waals surface area contributed by atoms with Gasteiger partial charge >= 0.3 is 0 Å². The zero-order valence-electron chi connectivity index (χ0n) is 16.1. The van der Waals surface area contributed by atoms with Crippen LogP contribution in [0, 0.1) is 5.92 Å². The molecule has 5 nitrogen and oxygen atoms in total. The van der Waals surface area contributed by atoms with Crippen molar-refractivity contribution in [3.05, 3.63) is 60.2 Å². The fourth-order valence-electron chi connectivity index (χ4n) is 3.43. The maximum atomic E-state index is 13.2. The second-order valence-electron chi connectivity index (χ2n) is 7.15. The van der Waals surface area contributed by atoms with Crippen LogP contribution in [-0.4, -0.2) is 36.4 Å². The lowest BCUT2D eigenvalue weighted by molar-refractivity contribution is -0.138. The molecule has 142 valence electrons. The van der Waals surface area contributed by atoms with E-state index in [-0.39, 0.29) is 30.2 Å². The number of rotatable bonds is 6. The summed E-state index contributed by atoms with van der Waals surface area (Å²) in [7, 11) is 1.60. The molecule has 0 N–H and O–H groups in total. The number of hydrogen-bond donors (Lipinski definition) is 0. The van der Waals surface area contributed by atoms with E-state index in [1.807, 2.05) is 73.3 Å². The van der Waals surface area contributed by atoms with Gasteiger partial charge < -0.3 is 14.5 Å². The van der Waals surface area contributed by atoms with Crippen LogP contribution in [0.3, 0.4) is 0 Å². The van der Waals surface area contributed by atoms with Gasteiger partial charge in [0.05, 0.1) is 13.0 Å². The van der Waals surface area contributed by atoms with Gasteiger partial charge in [0.25, 0.3) is 0 Å². The van der Waals surface area contributed by atoms with Crippen LogP contribution in [0.25, 0.3) is 0 Å². The van der Waals surface area contributed by atoms with Gasteiger partial charge in [0.15, 0.2) is 0 Å². The van der Waals surface area contributed by atoms with Gasteiger partial charge in [-0.1, -0.05) is 36.4 Å². The third-order valence-corrected chi connectivity index (χ3v) is 4.94. The molecule has 27 heavy (non-hydrogen) atoms. The highest BCUT2D eigenvalue weighted by atomic mass is 16.5. The third-order valence-electron chi connectivity index (χ3n) is 4.94. The first kappa shape index (κ1) is 19.0. The molecule has 0 spiro atoms. The molecule has 1 heterocycles. The predicted molar refractivity (Wildman–Crippen MR) is 106 cm³/mol. The molecule has 0 bridgehead atoms. The molecular formula is C22H26N2O3. The number of nitrogens with zero attached hydrogens (tertiary/aromatic N) is 2. The molecule has 0 aliphatic carbocycles. The maximum absolute atomic E-state index is 13.2. The summed E-state index contributed by atoms with van der Waals surface area (Å²) >= 11 is 0. The molecule has 1 aliphatic heterocycles. The van der Waals surface area contributed by atoms with Gasteiger partial charge in [0.2, 0.25) is 11.8 Å². The molecule has 3 rings (SSSR count). The van der Waals surface area contributed by atoms with E-state index in [0.717, 1.165) is 11.3 Å². The quantitative estimate of drug-likeness (QED) is 0.786. The average molecular weight is 366 g/mol. The highest BCUT2D eigenvalue weighted by Gasteiger charge is 2.37. The van der Waals surface area contributed by atoms with Crippen molar-refractivity contribution in [1.29, 1.82) is 0 Å². The summed E-state index contributed by atoms with van der Waals surface area (Å²) in [4.78, 5) is 29.3. The van der Waals surface area contributed by atoms with E-state index < -0.39 is 0 Å². The summed E-state index contributed by atoms with van der Waals surface area (Å²) in [6.07, 6.45) is 0.244. The SMILES string of the molecule is COc1cccc(N2C[C@H](C(=O)N(Cc3ccccc3)C(C)C)CC2=O)c1. The van der Waals surface area contributed by atoms with Crippen molar-refractivity contribution in [3.63, 3.8) is 0 Å². The molecule has 0 saturated carbocycles. The Bertz CT molecular complexity index is 804. The Morgan fingerprint density at radius 1 is 1.19 bits per heavy atom. The summed E-state index contributed by atoms with van der Waals surface area (Å²) < 4.78 is 5.25. The number of carbonyl (C=O) groups excluding carboxylic acids is 2. The summed E-state index contributed by atoms with van der Waals surface area (Å²) in [5, 5.41) is 0. The van der Waals surface area contributed by atoms with E-state index in [9.17, 15) is 9.59 Å². The van der Waals surface area contributed by atoms with Crippen LogP contribution in [0.5, 0.6) is 5.75 Å². The molecule has 1 aliphatic rings. The smallest absolute Gasteiger partial charge is 0.228 e. The van der Waals surface area contributed by atoms with Crippen LogP contribution in [0.2, 0.25) is 0 Å². The van der Waals surface area contributed by atoms with Gasteiger partial charge in [0, 0.05) is 37.3 Å². The number of anilines is 1. The van der Waals surface area contributed by atoms with Crippen molar-refractivity contribution in [2.24, 2.45) is 5.92 Å². The Morgan fingerprint density at radius 2 is 1.93 bits per heavy atom. The van der Waals surface area contributed by atoms with Gasteiger partial charge in [-0.3, -0.25) is 9.59 Å². The second-order valence-corrected chi connectivity index (χ2v) is 7.15. The van der Waals surface area contributed by atoms with Crippen molar-refractivity contribution in [2.75, 3.05) is 18.6 Å². The largest absolute Gasteiger partial charge is 0.497 e. The lowest BCUT2D eigenvalue weighted by Gasteiger charge is -2.29. The summed E-state index contributed by atoms with van der Waals surface area (Å²) in [5.41, 5.74) is 1.86. The fraction of sp³-hybridized carbons (Fsp3) is 0.364. The van der Waals surface area contributed by atoms with E-state index in [4.69, 9.17) is 4.74 Å². The van der Waals surface area contributed by atoms with Gasteiger partial charge in [-0.2, -0.15) is 0 Å². The lowest BCUT2D eigenvalue weighted by atomic mass is 10.1. The van der Waals surface area contributed by atoms with Crippen LogP contribution in [-0.2, 0) is 16.1 Å².